The minimum Gasteiger partial charge on any atom is -0.362 e. The predicted molar refractivity (Wildman–Crippen MR) is 75.3 cm³/mol. The molecule has 0 fully saturated rings. The van der Waals surface area contributed by atoms with Crippen molar-refractivity contribution in [3.05, 3.63) is 35.3 Å². The zero-order chi connectivity index (χ0) is 13.2. The van der Waals surface area contributed by atoms with Gasteiger partial charge in [0.05, 0.1) is 17.6 Å². The predicted octanol–water partition coefficient (Wildman–Crippen LogP) is 3.41. The molecule has 98 valence electrons. The third kappa shape index (κ3) is 2.44. The highest BCUT2D eigenvalue weighted by Gasteiger charge is 2.09. The van der Waals surface area contributed by atoms with Gasteiger partial charge in [-0.3, -0.25) is 0 Å². The van der Waals surface area contributed by atoms with Gasteiger partial charge in [-0.25, -0.2) is 9.97 Å². The first kappa shape index (κ1) is 12.1. The standard InChI is InChI=1S/C13H14N4OS/c1-8(2)11-5-9(18-17-11)6-14-12-10-3-4-19-13(10)16-7-15-12/h3-5,7-8H,6H2,1-2H3,(H,14,15,16). The summed E-state index contributed by atoms with van der Waals surface area (Å²) >= 11 is 1.60. The first-order valence-electron chi connectivity index (χ1n) is 6.11. The minimum atomic E-state index is 0.375. The van der Waals surface area contributed by atoms with Gasteiger partial charge in [0.2, 0.25) is 0 Å². The van der Waals surface area contributed by atoms with Gasteiger partial charge in [0.25, 0.3) is 0 Å². The van der Waals surface area contributed by atoms with Gasteiger partial charge >= 0.3 is 0 Å². The van der Waals surface area contributed by atoms with Gasteiger partial charge in [-0.2, -0.15) is 0 Å². The minimum absolute atomic E-state index is 0.375. The monoisotopic (exact) mass is 274 g/mol. The number of nitrogens with one attached hydrogen (secondary N) is 1. The molecule has 3 aromatic rings. The van der Waals surface area contributed by atoms with E-state index in [-0.39, 0.29) is 0 Å². The number of anilines is 1. The molecule has 0 spiro atoms. The maximum atomic E-state index is 5.29. The molecule has 6 heteroatoms. The lowest BCUT2D eigenvalue weighted by Crippen LogP contribution is -2.00. The number of aromatic nitrogens is 3. The number of hydrogen-bond donors (Lipinski definition) is 1. The molecule has 0 aliphatic rings. The number of rotatable bonds is 4. The van der Waals surface area contributed by atoms with Crippen molar-refractivity contribution in [3.8, 4) is 0 Å². The molecular weight excluding hydrogens is 260 g/mol. The summed E-state index contributed by atoms with van der Waals surface area (Å²) in [5.41, 5.74) is 0.972. The quantitative estimate of drug-likeness (QED) is 0.789. The van der Waals surface area contributed by atoms with Gasteiger partial charge in [0.15, 0.2) is 5.76 Å². The van der Waals surface area contributed by atoms with Crippen molar-refractivity contribution in [1.29, 1.82) is 0 Å². The van der Waals surface area contributed by atoms with E-state index in [1.165, 1.54) is 0 Å². The van der Waals surface area contributed by atoms with E-state index in [0.29, 0.717) is 12.5 Å². The Kier molecular flexibility index (Phi) is 3.16. The molecule has 0 saturated carbocycles. The van der Waals surface area contributed by atoms with Gasteiger partial charge in [-0.05, 0) is 17.4 Å². The molecule has 1 N–H and O–H groups in total. The number of thiophene rings is 1. The molecule has 0 aliphatic heterocycles. The molecule has 19 heavy (non-hydrogen) atoms. The molecule has 0 unspecified atom stereocenters. The summed E-state index contributed by atoms with van der Waals surface area (Å²) in [7, 11) is 0. The van der Waals surface area contributed by atoms with E-state index in [2.05, 4.69) is 34.3 Å². The van der Waals surface area contributed by atoms with Gasteiger partial charge in [-0.15, -0.1) is 11.3 Å². The van der Waals surface area contributed by atoms with Gasteiger partial charge in [0, 0.05) is 6.07 Å². The third-order valence-corrected chi connectivity index (χ3v) is 3.68. The van der Waals surface area contributed by atoms with Crippen LogP contribution >= 0.6 is 11.3 Å². The fraction of sp³-hybridized carbons (Fsp3) is 0.308. The second-order valence-corrected chi connectivity index (χ2v) is 5.48. The second-order valence-electron chi connectivity index (χ2n) is 4.59. The van der Waals surface area contributed by atoms with Crippen molar-refractivity contribution in [2.45, 2.75) is 26.3 Å². The van der Waals surface area contributed by atoms with E-state index < -0.39 is 0 Å². The van der Waals surface area contributed by atoms with Crippen LogP contribution in [0, 0.1) is 0 Å². The summed E-state index contributed by atoms with van der Waals surface area (Å²) in [6.07, 6.45) is 1.57. The average Bonchev–Trinajstić information content (AvgIpc) is 3.05. The van der Waals surface area contributed by atoms with Crippen molar-refractivity contribution in [1.82, 2.24) is 15.1 Å². The number of hydrogen-bond acceptors (Lipinski definition) is 6. The zero-order valence-corrected chi connectivity index (χ0v) is 11.6. The van der Waals surface area contributed by atoms with Crippen LogP contribution in [0.5, 0.6) is 0 Å². The number of nitrogens with zero attached hydrogens (tertiary/aromatic N) is 3. The summed E-state index contributed by atoms with van der Waals surface area (Å²) in [6.45, 7) is 4.75. The van der Waals surface area contributed by atoms with Crippen molar-refractivity contribution >= 4 is 27.4 Å². The van der Waals surface area contributed by atoms with Crippen molar-refractivity contribution in [2.24, 2.45) is 0 Å². The maximum absolute atomic E-state index is 5.29. The molecule has 3 aromatic heterocycles. The van der Waals surface area contributed by atoms with Crippen molar-refractivity contribution < 1.29 is 4.52 Å². The smallest absolute Gasteiger partial charge is 0.156 e. The fourth-order valence-electron chi connectivity index (χ4n) is 1.79. The zero-order valence-electron chi connectivity index (χ0n) is 10.8. The van der Waals surface area contributed by atoms with E-state index in [0.717, 1.165) is 27.5 Å². The van der Waals surface area contributed by atoms with Crippen LogP contribution in [-0.4, -0.2) is 15.1 Å². The first-order valence-corrected chi connectivity index (χ1v) is 6.99. The van der Waals surface area contributed by atoms with E-state index in [4.69, 9.17) is 4.52 Å². The molecule has 0 aliphatic carbocycles. The number of fused-ring (bicyclic) bond motifs is 1. The Labute approximate surface area is 114 Å². The maximum Gasteiger partial charge on any atom is 0.156 e. The molecule has 0 bridgehead atoms. The normalized spacial score (nSPS) is 11.3. The summed E-state index contributed by atoms with van der Waals surface area (Å²) in [4.78, 5) is 9.46. The Balaban J connectivity index is 1.76. The molecule has 5 nitrogen and oxygen atoms in total. The van der Waals surface area contributed by atoms with Gasteiger partial charge < -0.3 is 9.84 Å². The molecule has 0 radical (unpaired) electrons. The second kappa shape index (κ2) is 4.97. The lowest BCUT2D eigenvalue weighted by molar-refractivity contribution is 0.379. The van der Waals surface area contributed by atoms with E-state index >= 15 is 0 Å². The Hall–Kier alpha value is -1.95. The highest BCUT2D eigenvalue weighted by atomic mass is 32.1. The topological polar surface area (TPSA) is 63.8 Å². The van der Waals surface area contributed by atoms with Crippen LogP contribution in [0.2, 0.25) is 0 Å². The summed E-state index contributed by atoms with van der Waals surface area (Å²) in [5.74, 6) is 2.01. The Morgan fingerprint density at radius 2 is 2.26 bits per heavy atom. The third-order valence-electron chi connectivity index (χ3n) is 2.86. The van der Waals surface area contributed by atoms with Gasteiger partial charge in [-0.1, -0.05) is 19.0 Å². The SMILES string of the molecule is CC(C)c1cc(CNc2ncnc3sccc23)on1. The molecule has 0 saturated heterocycles. The van der Waals surface area contributed by atoms with Crippen LogP contribution in [0.3, 0.4) is 0 Å². The Morgan fingerprint density at radius 1 is 1.37 bits per heavy atom. The van der Waals surface area contributed by atoms with Crippen LogP contribution in [0.15, 0.2) is 28.4 Å². The molecule has 3 heterocycles. The fourth-order valence-corrected chi connectivity index (χ4v) is 2.52. The largest absolute Gasteiger partial charge is 0.362 e. The molecule has 0 amide bonds. The summed E-state index contributed by atoms with van der Waals surface area (Å²) < 4.78 is 5.29. The first-order chi connectivity index (χ1) is 9.24. The van der Waals surface area contributed by atoms with Gasteiger partial charge in [0.1, 0.15) is 17.0 Å². The lowest BCUT2D eigenvalue weighted by Gasteiger charge is -2.03. The van der Waals surface area contributed by atoms with Crippen LogP contribution in [0.4, 0.5) is 5.82 Å². The Morgan fingerprint density at radius 3 is 3.05 bits per heavy atom. The molecule has 3 rings (SSSR count). The molecule has 0 atom stereocenters. The van der Waals surface area contributed by atoms with E-state index in [1.807, 2.05) is 17.5 Å². The Bertz CT molecular complexity index is 689. The van der Waals surface area contributed by atoms with E-state index in [1.54, 1.807) is 17.7 Å². The van der Waals surface area contributed by atoms with Crippen LogP contribution in [-0.2, 0) is 6.54 Å². The lowest BCUT2D eigenvalue weighted by atomic mass is 10.1. The average molecular weight is 274 g/mol. The molecule has 0 aromatic carbocycles. The van der Waals surface area contributed by atoms with Crippen LogP contribution in [0.1, 0.15) is 31.2 Å². The van der Waals surface area contributed by atoms with Crippen molar-refractivity contribution in [2.75, 3.05) is 5.32 Å². The van der Waals surface area contributed by atoms with Crippen LogP contribution < -0.4 is 5.32 Å². The summed E-state index contributed by atoms with van der Waals surface area (Å²) in [6, 6.07) is 3.99. The highest BCUT2D eigenvalue weighted by Crippen LogP contribution is 2.24. The molecular formula is C13H14N4OS. The van der Waals surface area contributed by atoms with E-state index in [9.17, 15) is 0 Å². The van der Waals surface area contributed by atoms with Crippen LogP contribution in [0.25, 0.3) is 10.2 Å². The summed E-state index contributed by atoms with van der Waals surface area (Å²) in [5, 5.41) is 10.3. The highest BCUT2D eigenvalue weighted by molar-refractivity contribution is 7.16. The van der Waals surface area contributed by atoms with Crippen molar-refractivity contribution in [3.63, 3.8) is 0 Å².